The molecule has 0 saturated carbocycles. The van der Waals surface area contributed by atoms with Gasteiger partial charge in [0.2, 0.25) is 17.6 Å². The van der Waals surface area contributed by atoms with Crippen molar-refractivity contribution in [3.8, 4) is 17.5 Å². The molecule has 0 aliphatic rings. The van der Waals surface area contributed by atoms with E-state index in [4.69, 9.17) is 9.47 Å². The Morgan fingerprint density at radius 3 is 2.63 bits per heavy atom. The molecule has 0 unspecified atom stereocenters. The number of carbonyl (C=O) groups is 1. The molecule has 2 rings (SSSR count). The van der Waals surface area contributed by atoms with Crippen LogP contribution in [0.2, 0.25) is 0 Å². The highest BCUT2D eigenvalue weighted by Gasteiger charge is 2.15. The number of benzene rings is 1. The minimum Gasteiger partial charge on any atom is -0.493 e. The van der Waals surface area contributed by atoms with Gasteiger partial charge in [-0.15, -0.1) is 0 Å². The molecule has 0 bridgehead atoms. The van der Waals surface area contributed by atoms with Crippen molar-refractivity contribution in [2.75, 3.05) is 6.61 Å². The molecule has 0 atom stereocenters. The van der Waals surface area contributed by atoms with E-state index in [1.165, 1.54) is 13.0 Å². The Bertz CT molecular complexity index is 836. The standard InChI is InChI=1S/C19H20F2N2O4/c1-12-7-3-4-9-14(12)27-16-11-15(24)22-18(23-16)19(25)26-10-6-5-8-13(2)17(20)21/h3-4,7,9,11H,5-6,8,10H2,1-2H3,(H,22,23,24). The zero-order valence-electron chi connectivity index (χ0n) is 15.0. The zero-order chi connectivity index (χ0) is 19.8. The van der Waals surface area contributed by atoms with Gasteiger partial charge in [0.05, 0.1) is 12.7 Å². The maximum atomic E-state index is 12.3. The number of halogens is 2. The zero-order valence-corrected chi connectivity index (χ0v) is 15.0. The Hall–Kier alpha value is -3.03. The monoisotopic (exact) mass is 378 g/mol. The van der Waals surface area contributed by atoms with E-state index < -0.39 is 17.9 Å². The highest BCUT2D eigenvalue weighted by atomic mass is 19.3. The van der Waals surface area contributed by atoms with Crippen LogP contribution in [0.15, 0.2) is 42.0 Å². The van der Waals surface area contributed by atoms with Crippen molar-refractivity contribution in [3.63, 3.8) is 0 Å². The maximum Gasteiger partial charge on any atom is 0.376 e. The van der Waals surface area contributed by atoms with Gasteiger partial charge in [-0.25, -0.2) is 4.79 Å². The van der Waals surface area contributed by atoms with Crippen molar-refractivity contribution in [3.05, 3.63) is 53.4 Å². The highest BCUT2D eigenvalue weighted by Crippen LogP contribution is 2.25. The Morgan fingerprint density at radius 2 is 1.93 bits per heavy atom. The molecule has 0 fully saturated rings. The first-order valence-corrected chi connectivity index (χ1v) is 8.36. The van der Waals surface area contributed by atoms with Gasteiger partial charge in [0, 0.05) is 0 Å². The van der Waals surface area contributed by atoms with E-state index >= 15 is 0 Å². The van der Waals surface area contributed by atoms with Crippen LogP contribution in [0.25, 0.3) is 0 Å². The SMILES string of the molecule is CC(CCCCOC(=O)c1nc(O)cc(Oc2ccccc2C)n1)=C(F)F. The Morgan fingerprint density at radius 1 is 1.19 bits per heavy atom. The summed E-state index contributed by atoms with van der Waals surface area (Å²) in [7, 11) is 0. The number of para-hydroxylation sites is 1. The fourth-order valence-electron chi connectivity index (χ4n) is 2.16. The molecule has 1 aromatic heterocycles. The molecule has 144 valence electrons. The molecule has 0 amide bonds. The molecule has 8 heteroatoms. The fourth-order valence-corrected chi connectivity index (χ4v) is 2.16. The number of hydrogen-bond acceptors (Lipinski definition) is 6. The number of allylic oxidation sites excluding steroid dienone is 1. The van der Waals surface area contributed by atoms with Crippen LogP contribution in [0.4, 0.5) is 8.78 Å². The average Bonchev–Trinajstić information content (AvgIpc) is 2.62. The van der Waals surface area contributed by atoms with Gasteiger partial charge in [0.25, 0.3) is 6.08 Å². The normalized spacial score (nSPS) is 10.4. The number of aromatic hydroxyl groups is 1. The summed E-state index contributed by atoms with van der Waals surface area (Å²) in [6.45, 7) is 3.24. The third kappa shape index (κ3) is 6.32. The number of rotatable bonds is 8. The summed E-state index contributed by atoms with van der Waals surface area (Å²) in [4.78, 5) is 19.6. The van der Waals surface area contributed by atoms with E-state index in [0.29, 0.717) is 18.6 Å². The average molecular weight is 378 g/mol. The van der Waals surface area contributed by atoms with Crippen LogP contribution < -0.4 is 4.74 Å². The Balaban J connectivity index is 1.94. The molecule has 0 aliphatic carbocycles. The molecule has 0 saturated heterocycles. The summed E-state index contributed by atoms with van der Waals surface area (Å²) in [5, 5.41) is 9.70. The lowest BCUT2D eigenvalue weighted by molar-refractivity contribution is 0.0481. The first kappa shape index (κ1) is 20.3. The number of aryl methyl sites for hydroxylation is 1. The van der Waals surface area contributed by atoms with E-state index in [1.54, 1.807) is 12.1 Å². The van der Waals surface area contributed by atoms with Gasteiger partial charge in [0.1, 0.15) is 5.75 Å². The van der Waals surface area contributed by atoms with Gasteiger partial charge in [-0.1, -0.05) is 18.2 Å². The van der Waals surface area contributed by atoms with E-state index in [0.717, 1.165) is 5.56 Å². The van der Waals surface area contributed by atoms with Crippen LogP contribution in [-0.2, 0) is 4.74 Å². The third-order valence-electron chi connectivity index (χ3n) is 3.68. The van der Waals surface area contributed by atoms with Gasteiger partial charge in [-0.05, 0) is 50.3 Å². The van der Waals surface area contributed by atoms with Crippen LogP contribution >= 0.6 is 0 Å². The predicted octanol–water partition coefficient (Wildman–Crippen LogP) is 4.78. The molecule has 2 aromatic rings. The van der Waals surface area contributed by atoms with Crippen LogP contribution in [0, 0.1) is 6.92 Å². The molecule has 6 nitrogen and oxygen atoms in total. The van der Waals surface area contributed by atoms with E-state index in [1.807, 2.05) is 19.1 Å². The van der Waals surface area contributed by atoms with Gasteiger partial charge < -0.3 is 14.6 Å². The van der Waals surface area contributed by atoms with E-state index in [9.17, 15) is 18.7 Å². The number of nitrogens with zero attached hydrogens (tertiary/aromatic N) is 2. The van der Waals surface area contributed by atoms with Crippen molar-refractivity contribution in [2.45, 2.75) is 33.1 Å². The number of hydrogen-bond donors (Lipinski definition) is 1. The summed E-state index contributed by atoms with van der Waals surface area (Å²) in [5.74, 6) is -1.07. The molecule has 0 spiro atoms. The van der Waals surface area contributed by atoms with Gasteiger partial charge in [-0.2, -0.15) is 18.7 Å². The molecule has 1 aromatic carbocycles. The summed E-state index contributed by atoms with van der Waals surface area (Å²) in [5.41, 5.74) is 0.879. The predicted molar refractivity (Wildman–Crippen MR) is 94.0 cm³/mol. The third-order valence-corrected chi connectivity index (χ3v) is 3.68. The molecule has 0 radical (unpaired) electrons. The summed E-state index contributed by atoms with van der Waals surface area (Å²) in [6.07, 6.45) is -0.571. The molecular weight excluding hydrogens is 358 g/mol. The van der Waals surface area contributed by atoms with Crippen LogP contribution in [0.1, 0.15) is 42.4 Å². The fraction of sp³-hybridized carbons (Fsp3) is 0.316. The van der Waals surface area contributed by atoms with Crippen LogP contribution in [-0.4, -0.2) is 27.7 Å². The van der Waals surface area contributed by atoms with Crippen molar-refractivity contribution in [2.24, 2.45) is 0 Å². The number of carbonyl (C=O) groups excluding carboxylic acids is 1. The lowest BCUT2D eigenvalue weighted by Crippen LogP contribution is -2.11. The number of aromatic nitrogens is 2. The highest BCUT2D eigenvalue weighted by molar-refractivity contribution is 5.85. The molecular formula is C19H20F2N2O4. The number of esters is 1. The number of ether oxygens (including phenoxy) is 2. The van der Waals surface area contributed by atoms with Crippen molar-refractivity contribution < 1.29 is 28.2 Å². The topological polar surface area (TPSA) is 81.5 Å². The van der Waals surface area contributed by atoms with E-state index in [-0.39, 0.29) is 30.3 Å². The second-order valence-electron chi connectivity index (χ2n) is 5.89. The summed E-state index contributed by atoms with van der Waals surface area (Å²) >= 11 is 0. The van der Waals surface area contributed by atoms with Gasteiger partial charge >= 0.3 is 5.97 Å². The quantitative estimate of drug-likeness (QED) is 0.526. The largest absolute Gasteiger partial charge is 0.493 e. The minimum absolute atomic E-state index is 0.00272. The van der Waals surface area contributed by atoms with Gasteiger partial charge in [0.15, 0.2) is 0 Å². The molecule has 1 N–H and O–H groups in total. The van der Waals surface area contributed by atoms with Gasteiger partial charge in [-0.3, -0.25) is 0 Å². The molecule has 27 heavy (non-hydrogen) atoms. The summed E-state index contributed by atoms with van der Waals surface area (Å²) < 4.78 is 35.2. The van der Waals surface area contributed by atoms with Crippen molar-refractivity contribution >= 4 is 5.97 Å². The Kier molecular flexibility index (Phi) is 7.22. The number of unbranched alkanes of at least 4 members (excludes halogenated alkanes) is 1. The lowest BCUT2D eigenvalue weighted by Gasteiger charge is -2.09. The first-order valence-electron chi connectivity index (χ1n) is 8.36. The summed E-state index contributed by atoms with van der Waals surface area (Å²) in [6, 6.07) is 8.39. The van der Waals surface area contributed by atoms with Crippen LogP contribution in [0.5, 0.6) is 17.5 Å². The van der Waals surface area contributed by atoms with Crippen LogP contribution in [0.3, 0.4) is 0 Å². The minimum atomic E-state index is -1.68. The Labute approximate surface area is 155 Å². The first-order chi connectivity index (χ1) is 12.9. The van der Waals surface area contributed by atoms with Crippen molar-refractivity contribution in [1.82, 2.24) is 9.97 Å². The van der Waals surface area contributed by atoms with Crippen molar-refractivity contribution in [1.29, 1.82) is 0 Å². The lowest BCUT2D eigenvalue weighted by atomic mass is 10.1. The maximum absolute atomic E-state index is 12.3. The molecule has 1 heterocycles. The second-order valence-corrected chi connectivity index (χ2v) is 5.89. The molecule has 0 aliphatic heterocycles. The second kappa shape index (κ2) is 9.61. The smallest absolute Gasteiger partial charge is 0.376 e. The van der Waals surface area contributed by atoms with E-state index in [2.05, 4.69) is 9.97 Å².